The zero-order chi connectivity index (χ0) is 13.7. The second-order valence-electron chi connectivity index (χ2n) is 4.67. The second kappa shape index (κ2) is 6.73. The van der Waals surface area contributed by atoms with Crippen LogP contribution in [0.4, 0.5) is 0 Å². The lowest BCUT2D eigenvalue weighted by Crippen LogP contribution is -2.22. The van der Waals surface area contributed by atoms with Crippen molar-refractivity contribution >= 4 is 11.3 Å². The predicted molar refractivity (Wildman–Crippen MR) is 82.2 cm³/mol. The Bertz CT molecular complexity index is 507. The maximum atomic E-state index is 5.43. The van der Waals surface area contributed by atoms with Crippen LogP contribution in [-0.2, 0) is 0 Å². The van der Waals surface area contributed by atoms with Gasteiger partial charge in [0.1, 0.15) is 5.75 Å². The Morgan fingerprint density at radius 2 is 2.11 bits per heavy atom. The van der Waals surface area contributed by atoms with Gasteiger partial charge < -0.3 is 10.1 Å². The number of nitrogens with one attached hydrogen (secondary N) is 1. The molecule has 0 radical (unpaired) electrons. The average Bonchev–Trinajstić information content (AvgIpc) is 2.95. The summed E-state index contributed by atoms with van der Waals surface area (Å²) in [5.41, 5.74) is 3.75. The van der Waals surface area contributed by atoms with E-state index >= 15 is 0 Å². The number of thiophene rings is 1. The molecule has 0 aliphatic rings. The quantitative estimate of drug-likeness (QED) is 0.855. The fraction of sp³-hybridized carbons (Fsp3) is 0.375. The van der Waals surface area contributed by atoms with Crippen molar-refractivity contribution < 1.29 is 4.74 Å². The molecular weight excluding hydrogens is 254 g/mol. The monoisotopic (exact) mass is 275 g/mol. The summed E-state index contributed by atoms with van der Waals surface area (Å²) in [6, 6.07) is 8.88. The van der Waals surface area contributed by atoms with E-state index in [0.29, 0.717) is 0 Å². The van der Waals surface area contributed by atoms with E-state index in [1.54, 1.807) is 18.4 Å². The number of aryl methyl sites for hydroxylation is 1. The molecule has 0 aliphatic carbocycles. The topological polar surface area (TPSA) is 21.3 Å². The van der Waals surface area contributed by atoms with Crippen molar-refractivity contribution in [2.45, 2.75) is 26.3 Å². The molecule has 102 valence electrons. The molecule has 1 aromatic carbocycles. The van der Waals surface area contributed by atoms with Crippen LogP contribution in [0.5, 0.6) is 5.75 Å². The second-order valence-corrected chi connectivity index (χ2v) is 5.45. The molecule has 0 saturated carbocycles. The van der Waals surface area contributed by atoms with Gasteiger partial charge in [-0.25, -0.2) is 0 Å². The zero-order valence-corrected chi connectivity index (χ0v) is 12.6. The first-order chi connectivity index (χ1) is 9.26. The highest BCUT2D eigenvalue weighted by Crippen LogP contribution is 2.28. The molecule has 1 unspecified atom stereocenters. The number of rotatable bonds is 6. The summed E-state index contributed by atoms with van der Waals surface area (Å²) in [6.07, 6.45) is 1.13. The Kier molecular flexibility index (Phi) is 5.00. The van der Waals surface area contributed by atoms with Crippen molar-refractivity contribution in [2.75, 3.05) is 13.7 Å². The standard InChI is InChI=1S/C16H21NOS/c1-4-8-17-16(14-7-9-19-11-14)13-6-5-12(2)15(10-13)18-3/h5-7,9-11,16-17H,4,8H2,1-3H3. The van der Waals surface area contributed by atoms with Crippen LogP contribution in [-0.4, -0.2) is 13.7 Å². The molecule has 1 heterocycles. The van der Waals surface area contributed by atoms with Crippen LogP contribution >= 0.6 is 11.3 Å². The lowest BCUT2D eigenvalue weighted by Gasteiger charge is -2.19. The zero-order valence-electron chi connectivity index (χ0n) is 11.8. The van der Waals surface area contributed by atoms with Gasteiger partial charge in [0, 0.05) is 0 Å². The van der Waals surface area contributed by atoms with Gasteiger partial charge in [-0.05, 0) is 59.5 Å². The third-order valence-corrected chi connectivity index (χ3v) is 3.94. The molecule has 0 bridgehead atoms. The summed E-state index contributed by atoms with van der Waals surface area (Å²) in [5, 5.41) is 7.94. The normalized spacial score (nSPS) is 12.4. The van der Waals surface area contributed by atoms with Crippen LogP contribution in [0.3, 0.4) is 0 Å². The van der Waals surface area contributed by atoms with Gasteiger partial charge in [-0.2, -0.15) is 11.3 Å². The van der Waals surface area contributed by atoms with Gasteiger partial charge in [0.2, 0.25) is 0 Å². The molecule has 1 aromatic heterocycles. The number of hydrogen-bond acceptors (Lipinski definition) is 3. The fourth-order valence-corrected chi connectivity index (χ4v) is 2.86. The number of methoxy groups -OCH3 is 1. The molecule has 2 nitrogen and oxygen atoms in total. The van der Waals surface area contributed by atoms with E-state index in [-0.39, 0.29) is 6.04 Å². The van der Waals surface area contributed by atoms with Crippen LogP contribution in [0, 0.1) is 6.92 Å². The minimum absolute atomic E-state index is 0.251. The smallest absolute Gasteiger partial charge is 0.122 e. The highest BCUT2D eigenvalue weighted by atomic mass is 32.1. The van der Waals surface area contributed by atoms with E-state index in [0.717, 1.165) is 18.7 Å². The van der Waals surface area contributed by atoms with E-state index < -0.39 is 0 Å². The van der Waals surface area contributed by atoms with Crippen LogP contribution in [0.2, 0.25) is 0 Å². The lowest BCUT2D eigenvalue weighted by atomic mass is 9.99. The molecule has 0 fully saturated rings. The van der Waals surface area contributed by atoms with E-state index in [1.807, 2.05) is 0 Å². The predicted octanol–water partition coefficient (Wildman–Crippen LogP) is 4.15. The molecule has 19 heavy (non-hydrogen) atoms. The van der Waals surface area contributed by atoms with E-state index in [9.17, 15) is 0 Å². The first kappa shape index (κ1) is 14.1. The van der Waals surface area contributed by atoms with Gasteiger partial charge >= 0.3 is 0 Å². The first-order valence-electron chi connectivity index (χ1n) is 6.66. The molecule has 1 atom stereocenters. The van der Waals surface area contributed by atoms with Crippen molar-refractivity contribution in [3.8, 4) is 5.75 Å². The summed E-state index contributed by atoms with van der Waals surface area (Å²) in [6.45, 7) is 5.27. The number of hydrogen-bond donors (Lipinski definition) is 1. The molecule has 0 aliphatic heterocycles. The first-order valence-corrected chi connectivity index (χ1v) is 7.60. The maximum absolute atomic E-state index is 5.43. The molecule has 1 N–H and O–H groups in total. The Hall–Kier alpha value is -1.32. The van der Waals surface area contributed by atoms with Crippen molar-refractivity contribution in [3.63, 3.8) is 0 Å². The molecule has 2 rings (SSSR count). The van der Waals surface area contributed by atoms with E-state index in [1.165, 1.54) is 16.7 Å². The third kappa shape index (κ3) is 3.37. The summed E-state index contributed by atoms with van der Waals surface area (Å²) in [4.78, 5) is 0. The van der Waals surface area contributed by atoms with E-state index in [4.69, 9.17) is 4.74 Å². The summed E-state index contributed by atoms with van der Waals surface area (Å²) < 4.78 is 5.43. The van der Waals surface area contributed by atoms with Gasteiger partial charge in [0.15, 0.2) is 0 Å². The Labute approximate surface area is 119 Å². The SMILES string of the molecule is CCCNC(c1ccsc1)c1ccc(C)c(OC)c1. The highest BCUT2D eigenvalue weighted by molar-refractivity contribution is 7.08. The van der Waals surface area contributed by atoms with Crippen LogP contribution in [0.15, 0.2) is 35.0 Å². The summed E-state index contributed by atoms with van der Waals surface area (Å²) in [5.74, 6) is 0.955. The van der Waals surface area contributed by atoms with Crippen molar-refractivity contribution in [1.82, 2.24) is 5.32 Å². The largest absolute Gasteiger partial charge is 0.496 e. The lowest BCUT2D eigenvalue weighted by molar-refractivity contribution is 0.410. The van der Waals surface area contributed by atoms with Crippen molar-refractivity contribution in [1.29, 1.82) is 0 Å². The van der Waals surface area contributed by atoms with Crippen molar-refractivity contribution in [3.05, 3.63) is 51.7 Å². The van der Waals surface area contributed by atoms with Gasteiger partial charge in [-0.3, -0.25) is 0 Å². The number of ether oxygens (including phenoxy) is 1. The molecular formula is C16H21NOS. The third-order valence-electron chi connectivity index (χ3n) is 3.24. The molecule has 2 aromatic rings. The minimum atomic E-state index is 0.251. The van der Waals surface area contributed by atoms with E-state index in [2.05, 4.69) is 54.2 Å². The summed E-state index contributed by atoms with van der Waals surface area (Å²) in [7, 11) is 1.73. The fourth-order valence-electron chi connectivity index (χ4n) is 2.17. The molecule has 0 amide bonds. The average molecular weight is 275 g/mol. The minimum Gasteiger partial charge on any atom is -0.496 e. The molecule has 3 heteroatoms. The highest BCUT2D eigenvalue weighted by Gasteiger charge is 2.15. The summed E-state index contributed by atoms with van der Waals surface area (Å²) >= 11 is 1.74. The Morgan fingerprint density at radius 1 is 1.26 bits per heavy atom. The van der Waals surface area contributed by atoms with Gasteiger partial charge in [0.05, 0.1) is 13.2 Å². The number of benzene rings is 1. The van der Waals surface area contributed by atoms with Gasteiger partial charge in [-0.1, -0.05) is 19.1 Å². The van der Waals surface area contributed by atoms with Gasteiger partial charge in [-0.15, -0.1) is 0 Å². The van der Waals surface area contributed by atoms with Crippen LogP contribution in [0.1, 0.15) is 36.1 Å². The molecule has 0 saturated heterocycles. The molecule has 0 spiro atoms. The van der Waals surface area contributed by atoms with Crippen LogP contribution < -0.4 is 10.1 Å². The van der Waals surface area contributed by atoms with Gasteiger partial charge in [0.25, 0.3) is 0 Å². The van der Waals surface area contributed by atoms with Crippen molar-refractivity contribution in [2.24, 2.45) is 0 Å². The maximum Gasteiger partial charge on any atom is 0.122 e. The Balaban J connectivity index is 2.32. The van der Waals surface area contributed by atoms with Crippen LogP contribution in [0.25, 0.3) is 0 Å². The Morgan fingerprint density at radius 3 is 2.74 bits per heavy atom.